The van der Waals surface area contributed by atoms with Crippen LogP contribution >= 0.6 is 11.6 Å². The molecule has 1 saturated heterocycles. The van der Waals surface area contributed by atoms with Crippen LogP contribution < -0.4 is 5.32 Å². The molecular formula is C15H20ClFN2O. The Balaban J connectivity index is 2.23. The molecule has 0 bridgehead atoms. The normalized spacial score (nSPS) is 18.9. The van der Waals surface area contributed by atoms with Crippen molar-refractivity contribution in [1.29, 1.82) is 0 Å². The molecule has 0 aliphatic carbocycles. The number of carbonyl (C=O) groups excluding carboxylic acids is 1. The van der Waals surface area contributed by atoms with Gasteiger partial charge >= 0.3 is 0 Å². The Hall–Kier alpha value is -1.13. The highest BCUT2D eigenvalue weighted by Gasteiger charge is 2.27. The van der Waals surface area contributed by atoms with Crippen LogP contribution in [0.5, 0.6) is 0 Å². The molecule has 1 aliphatic heterocycles. The van der Waals surface area contributed by atoms with Crippen LogP contribution in [-0.2, 0) is 0 Å². The van der Waals surface area contributed by atoms with Gasteiger partial charge in [0.05, 0.1) is 5.56 Å². The fourth-order valence-electron chi connectivity index (χ4n) is 2.61. The standard InChI is InChI=1S/C15H20ClFN2O/c1-2-8-19(12-4-3-7-18-10-12)15(20)13-9-11(16)5-6-14(13)17/h5-6,9,12,18H,2-4,7-8,10H2,1H3. The first-order chi connectivity index (χ1) is 9.63. The Morgan fingerprint density at radius 2 is 2.35 bits per heavy atom. The number of nitrogens with one attached hydrogen (secondary N) is 1. The molecule has 1 aromatic rings. The number of nitrogens with zero attached hydrogens (tertiary/aromatic N) is 1. The highest BCUT2D eigenvalue weighted by molar-refractivity contribution is 6.31. The second kappa shape index (κ2) is 7.04. The molecule has 1 amide bonds. The van der Waals surface area contributed by atoms with Crippen molar-refractivity contribution in [3.05, 3.63) is 34.6 Å². The van der Waals surface area contributed by atoms with Crippen molar-refractivity contribution < 1.29 is 9.18 Å². The van der Waals surface area contributed by atoms with E-state index >= 15 is 0 Å². The van der Waals surface area contributed by atoms with Gasteiger partial charge in [0.2, 0.25) is 0 Å². The molecule has 1 heterocycles. The molecule has 1 N–H and O–H groups in total. The molecule has 0 radical (unpaired) electrons. The summed E-state index contributed by atoms with van der Waals surface area (Å²) in [5.41, 5.74) is 0.0662. The number of carbonyl (C=O) groups is 1. The third-order valence-corrected chi connectivity index (χ3v) is 3.83. The molecule has 110 valence electrons. The highest BCUT2D eigenvalue weighted by atomic mass is 35.5. The van der Waals surface area contributed by atoms with Gasteiger partial charge in [0, 0.05) is 24.2 Å². The van der Waals surface area contributed by atoms with Crippen molar-refractivity contribution in [2.45, 2.75) is 32.2 Å². The van der Waals surface area contributed by atoms with Gasteiger partial charge in [-0.1, -0.05) is 18.5 Å². The molecule has 0 aromatic heterocycles. The number of piperidine rings is 1. The third-order valence-electron chi connectivity index (χ3n) is 3.60. The zero-order valence-electron chi connectivity index (χ0n) is 11.7. The molecule has 0 saturated carbocycles. The zero-order chi connectivity index (χ0) is 14.5. The number of hydrogen-bond donors (Lipinski definition) is 1. The monoisotopic (exact) mass is 298 g/mol. The molecule has 1 aliphatic rings. The van der Waals surface area contributed by atoms with E-state index in [2.05, 4.69) is 5.32 Å². The maximum absolute atomic E-state index is 13.9. The van der Waals surface area contributed by atoms with E-state index in [-0.39, 0.29) is 17.5 Å². The molecule has 1 unspecified atom stereocenters. The average Bonchev–Trinajstić information content (AvgIpc) is 2.47. The summed E-state index contributed by atoms with van der Waals surface area (Å²) in [5, 5.41) is 3.67. The van der Waals surface area contributed by atoms with E-state index in [0.717, 1.165) is 32.4 Å². The second-order valence-corrected chi connectivity index (χ2v) is 5.56. The minimum atomic E-state index is -0.510. The fourth-order valence-corrected chi connectivity index (χ4v) is 2.78. The van der Waals surface area contributed by atoms with Gasteiger partial charge in [-0.2, -0.15) is 0 Å². The van der Waals surface area contributed by atoms with Gasteiger partial charge in [-0.15, -0.1) is 0 Å². The Morgan fingerprint density at radius 3 is 3.00 bits per heavy atom. The van der Waals surface area contributed by atoms with Gasteiger partial charge in [0.25, 0.3) is 5.91 Å². The average molecular weight is 299 g/mol. The van der Waals surface area contributed by atoms with Crippen molar-refractivity contribution in [2.75, 3.05) is 19.6 Å². The van der Waals surface area contributed by atoms with Crippen LogP contribution in [-0.4, -0.2) is 36.5 Å². The molecule has 1 atom stereocenters. The Bertz CT molecular complexity index is 475. The molecule has 1 aromatic carbocycles. The maximum atomic E-state index is 13.9. The molecule has 3 nitrogen and oxygen atoms in total. The Labute approximate surface area is 124 Å². The van der Waals surface area contributed by atoms with Crippen molar-refractivity contribution in [2.24, 2.45) is 0 Å². The summed E-state index contributed by atoms with van der Waals surface area (Å²) in [4.78, 5) is 14.4. The van der Waals surface area contributed by atoms with Gasteiger partial charge < -0.3 is 10.2 Å². The predicted molar refractivity (Wildman–Crippen MR) is 78.6 cm³/mol. The van der Waals surface area contributed by atoms with E-state index in [9.17, 15) is 9.18 Å². The van der Waals surface area contributed by atoms with Crippen molar-refractivity contribution in [3.63, 3.8) is 0 Å². The van der Waals surface area contributed by atoms with E-state index in [1.165, 1.54) is 18.2 Å². The van der Waals surface area contributed by atoms with Gasteiger partial charge in [-0.05, 0) is 44.0 Å². The lowest BCUT2D eigenvalue weighted by atomic mass is 10.0. The molecule has 20 heavy (non-hydrogen) atoms. The molecule has 1 fully saturated rings. The lowest BCUT2D eigenvalue weighted by Gasteiger charge is -2.34. The van der Waals surface area contributed by atoms with E-state index < -0.39 is 5.82 Å². The minimum absolute atomic E-state index is 0.0662. The van der Waals surface area contributed by atoms with Gasteiger partial charge in [0.15, 0.2) is 0 Å². The summed E-state index contributed by atoms with van der Waals surface area (Å²) >= 11 is 5.88. The lowest BCUT2D eigenvalue weighted by Crippen LogP contribution is -2.49. The minimum Gasteiger partial charge on any atom is -0.334 e. The summed E-state index contributed by atoms with van der Waals surface area (Å²) in [6.07, 6.45) is 2.85. The zero-order valence-corrected chi connectivity index (χ0v) is 12.4. The van der Waals surface area contributed by atoms with E-state index in [0.29, 0.717) is 11.6 Å². The molecular weight excluding hydrogens is 279 g/mol. The summed E-state index contributed by atoms with van der Waals surface area (Å²) in [7, 11) is 0. The first-order valence-corrected chi connectivity index (χ1v) is 7.48. The summed E-state index contributed by atoms with van der Waals surface area (Å²) in [5.74, 6) is -0.773. The summed E-state index contributed by atoms with van der Waals surface area (Å²) in [6.45, 7) is 4.41. The number of rotatable bonds is 4. The Morgan fingerprint density at radius 1 is 1.55 bits per heavy atom. The first-order valence-electron chi connectivity index (χ1n) is 7.10. The first kappa shape index (κ1) is 15.3. The quantitative estimate of drug-likeness (QED) is 0.926. The molecule has 5 heteroatoms. The topological polar surface area (TPSA) is 32.3 Å². The fraction of sp³-hybridized carbons (Fsp3) is 0.533. The Kier molecular flexibility index (Phi) is 5.38. The van der Waals surface area contributed by atoms with Gasteiger partial charge in [0.1, 0.15) is 5.82 Å². The number of amides is 1. The van der Waals surface area contributed by atoms with Crippen molar-refractivity contribution >= 4 is 17.5 Å². The highest BCUT2D eigenvalue weighted by Crippen LogP contribution is 2.20. The largest absolute Gasteiger partial charge is 0.334 e. The van der Waals surface area contributed by atoms with Crippen LogP contribution in [0, 0.1) is 5.82 Å². The summed E-state index contributed by atoms with van der Waals surface area (Å²) < 4.78 is 13.9. The maximum Gasteiger partial charge on any atom is 0.257 e. The smallest absolute Gasteiger partial charge is 0.257 e. The molecule has 2 rings (SSSR count). The predicted octanol–water partition coefficient (Wildman–Crippen LogP) is 3.08. The van der Waals surface area contributed by atoms with E-state index in [4.69, 9.17) is 11.6 Å². The van der Waals surface area contributed by atoms with E-state index in [1.807, 2.05) is 6.92 Å². The lowest BCUT2D eigenvalue weighted by molar-refractivity contribution is 0.0644. The SMILES string of the molecule is CCCN(C(=O)c1cc(Cl)ccc1F)C1CCCNC1. The van der Waals surface area contributed by atoms with Crippen LogP contribution in [0.2, 0.25) is 5.02 Å². The van der Waals surface area contributed by atoms with Crippen LogP contribution in [0.3, 0.4) is 0 Å². The van der Waals surface area contributed by atoms with Crippen molar-refractivity contribution in [3.8, 4) is 0 Å². The number of benzene rings is 1. The van der Waals surface area contributed by atoms with Crippen LogP contribution in [0.25, 0.3) is 0 Å². The van der Waals surface area contributed by atoms with Crippen LogP contribution in [0.1, 0.15) is 36.5 Å². The number of halogens is 2. The third kappa shape index (κ3) is 3.49. The van der Waals surface area contributed by atoms with Crippen molar-refractivity contribution in [1.82, 2.24) is 10.2 Å². The van der Waals surface area contributed by atoms with Crippen LogP contribution in [0.4, 0.5) is 4.39 Å². The van der Waals surface area contributed by atoms with Gasteiger partial charge in [-0.25, -0.2) is 4.39 Å². The van der Waals surface area contributed by atoms with Gasteiger partial charge in [-0.3, -0.25) is 4.79 Å². The summed E-state index contributed by atoms with van der Waals surface area (Å²) in [6, 6.07) is 4.26. The number of hydrogen-bond acceptors (Lipinski definition) is 2. The molecule has 0 spiro atoms. The van der Waals surface area contributed by atoms with E-state index in [1.54, 1.807) is 4.90 Å². The second-order valence-electron chi connectivity index (χ2n) is 5.12. The van der Waals surface area contributed by atoms with Crippen LogP contribution in [0.15, 0.2) is 18.2 Å².